The maximum Gasteiger partial charge on any atom is 0.239 e. The number of nitrogens with zero attached hydrogens (tertiary/aromatic N) is 1. The largest absolute Gasteiger partial charge is 0.361 e. The summed E-state index contributed by atoms with van der Waals surface area (Å²) in [5, 5.41) is 1.16. The van der Waals surface area contributed by atoms with Crippen LogP contribution in [0.25, 0.3) is 10.9 Å². The number of carbonyl (C=O) groups excluding carboxylic acids is 1. The molecule has 132 valence electrons. The first-order valence-corrected chi connectivity index (χ1v) is 8.78. The number of H-pyrrole nitrogens is 1. The lowest BCUT2D eigenvalue weighted by Gasteiger charge is -2.24. The average molecular weight is 350 g/mol. The van der Waals surface area contributed by atoms with Crippen LogP contribution in [0.3, 0.4) is 0 Å². The lowest BCUT2D eigenvalue weighted by molar-refractivity contribution is -0.132. The van der Waals surface area contributed by atoms with Crippen LogP contribution in [0.15, 0.2) is 30.5 Å². The summed E-state index contributed by atoms with van der Waals surface area (Å²) in [5.74, 6) is 0.865. The molecule has 2 aromatic rings. The Morgan fingerprint density at radius 2 is 2.12 bits per heavy atom. The number of hydrogen-bond acceptors (Lipinski definition) is 2. The van der Waals surface area contributed by atoms with Gasteiger partial charge in [-0.2, -0.15) is 0 Å². The van der Waals surface area contributed by atoms with Gasteiger partial charge in [0.15, 0.2) is 0 Å². The number of nitrogens with one attached hydrogen (secondary N) is 1. The third-order valence-electron chi connectivity index (χ3n) is 5.17. The van der Waals surface area contributed by atoms with Gasteiger partial charge in [0.2, 0.25) is 5.91 Å². The molecule has 24 heavy (non-hydrogen) atoms. The fraction of sp³-hybridized carbons (Fsp3) is 0.526. The molecule has 1 unspecified atom stereocenters. The molecular weight excluding hydrogens is 322 g/mol. The third kappa shape index (κ3) is 4.11. The van der Waals surface area contributed by atoms with Gasteiger partial charge in [0.1, 0.15) is 0 Å². The molecule has 0 aliphatic carbocycles. The van der Waals surface area contributed by atoms with Gasteiger partial charge in [0.25, 0.3) is 0 Å². The van der Waals surface area contributed by atoms with Gasteiger partial charge in [0.05, 0.1) is 6.04 Å². The summed E-state index contributed by atoms with van der Waals surface area (Å²) in [4.78, 5) is 17.9. The predicted octanol–water partition coefficient (Wildman–Crippen LogP) is 3.50. The van der Waals surface area contributed by atoms with Gasteiger partial charge in [-0.3, -0.25) is 4.79 Å². The van der Waals surface area contributed by atoms with Gasteiger partial charge in [-0.25, -0.2) is 0 Å². The van der Waals surface area contributed by atoms with Crippen molar-refractivity contribution in [3.8, 4) is 0 Å². The summed E-state index contributed by atoms with van der Waals surface area (Å²) in [7, 11) is 0. The van der Waals surface area contributed by atoms with Crippen molar-refractivity contribution in [3.63, 3.8) is 0 Å². The Hall–Kier alpha value is -1.52. The van der Waals surface area contributed by atoms with Gasteiger partial charge in [-0.05, 0) is 43.2 Å². The van der Waals surface area contributed by atoms with Crippen LogP contribution in [0, 0.1) is 5.92 Å². The van der Waals surface area contributed by atoms with E-state index in [1.165, 1.54) is 12.8 Å². The molecule has 3 rings (SSSR count). The van der Waals surface area contributed by atoms with Crippen molar-refractivity contribution in [2.24, 2.45) is 11.7 Å². The van der Waals surface area contributed by atoms with E-state index in [0.717, 1.165) is 48.3 Å². The summed E-state index contributed by atoms with van der Waals surface area (Å²) in [6.07, 6.45) is 7.23. The summed E-state index contributed by atoms with van der Waals surface area (Å²) in [6.45, 7) is 3.96. The minimum absolute atomic E-state index is 0. The number of likely N-dealkylation sites (tertiary alicyclic amines) is 1. The van der Waals surface area contributed by atoms with E-state index < -0.39 is 6.04 Å². The number of amides is 1. The van der Waals surface area contributed by atoms with Crippen LogP contribution in [-0.2, 0) is 11.2 Å². The van der Waals surface area contributed by atoms with Crippen LogP contribution < -0.4 is 5.73 Å². The number of nitrogens with two attached hydrogens (primary N) is 1. The second kappa shape index (κ2) is 8.54. The van der Waals surface area contributed by atoms with E-state index in [1.54, 1.807) is 0 Å². The molecule has 1 saturated heterocycles. The molecule has 0 spiro atoms. The number of benzene rings is 1. The Labute approximate surface area is 150 Å². The van der Waals surface area contributed by atoms with Crippen molar-refractivity contribution in [3.05, 3.63) is 36.0 Å². The Balaban J connectivity index is 0.00000208. The van der Waals surface area contributed by atoms with E-state index in [4.69, 9.17) is 5.73 Å². The van der Waals surface area contributed by atoms with Gasteiger partial charge in [-0.15, -0.1) is 12.4 Å². The number of aromatic amines is 1. The Morgan fingerprint density at radius 1 is 1.33 bits per heavy atom. The highest BCUT2D eigenvalue weighted by atomic mass is 35.5. The van der Waals surface area contributed by atoms with Crippen molar-refractivity contribution >= 4 is 29.2 Å². The standard InChI is InChI=1S/C19H27N3O.ClH/c1-2-14-6-5-10-22(11-9-14)19(23)17(20)12-15-13-21-18-8-4-3-7-16(15)18;/h3-4,7-8,13-14,17,21H,2,5-6,9-12,20H2,1H3;1H/t14?,17-;/m0./s1. The molecular formula is C19H28ClN3O. The molecule has 1 aliphatic heterocycles. The van der Waals surface area contributed by atoms with Gasteiger partial charge in [-0.1, -0.05) is 31.5 Å². The first-order chi connectivity index (χ1) is 11.2. The average Bonchev–Trinajstić information content (AvgIpc) is 2.82. The molecule has 3 N–H and O–H groups in total. The second-order valence-corrected chi connectivity index (χ2v) is 6.70. The molecule has 0 bridgehead atoms. The fourth-order valence-electron chi connectivity index (χ4n) is 3.65. The third-order valence-corrected chi connectivity index (χ3v) is 5.17. The molecule has 1 aromatic carbocycles. The molecule has 2 heterocycles. The predicted molar refractivity (Wildman–Crippen MR) is 101 cm³/mol. The summed E-state index contributed by atoms with van der Waals surface area (Å²) in [5.41, 5.74) is 8.47. The maximum absolute atomic E-state index is 12.7. The minimum Gasteiger partial charge on any atom is -0.361 e. The smallest absolute Gasteiger partial charge is 0.239 e. The molecule has 1 aliphatic rings. The molecule has 2 atom stereocenters. The fourth-order valence-corrected chi connectivity index (χ4v) is 3.65. The van der Waals surface area contributed by atoms with E-state index in [2.05, 4.69) is 18.0 Å². The number of fused-ring (bicyclic) bond motifs is 1. The van der Waals surface area contributed by atoms with Gasteiger partial charge in [0, 0.05) is 30.2 Å². The van der Waals surface area contributed by atoms with Crippen molar-refractivity contribution < 1.29 is 4.79 Å². The number of carbonyl (C=O) groups is 1. The highest BCUT2D eigenvalue weighted by molar-refractivity contribution is 5.86. The van der Waals surface area contributed by atoms with E-state index >= 15 is 0 Å². The second-order valence-electron chi connectivity index (χ2n) is 6.70. The van der Waals surface area contributed by atoms with Crippen molar-refractivity contribution in [2.45, 2.75) is 45.1 Å². The molecule has 4 nitrogen and oxygen atoms in total. The van der Waals surface area contributed by atoms with Gasteiger partial charge >= 0.3 is 0 Å². The molecule has 1 fully saturated rings. The monoisotopic (exact) mass is 349 g/mol. The Kier molecular flexibility index (Phi) is 6.69. The SMILES string of the molecule is CCC1CCCN(C(=O)[C@@H](N)Cc2c[nH]c3ccccc23)CC1.Cl. The van der Waals surface area contributed by atoms with Crippen LogP contribution in [0.1, 0.15) is 38.2 Å². The van der Waals surface area contributed by atoms with E-state index in [-0.39, 0.29) is 18.3 Å². The van der Waals surface area contributed by atoms with E-state index in [1.807, 2.05) is 29.3 Å². The van der Waals surface area contributed by atoms with Crippen molar-refractivity contribution in [2.75, 3.05) is 13.1 Å². The summed E-state index contributed by atoms with van der Waals surface area (Å²) in [6, 6.07) is 7.71. The van der Waals surface area contributed by atoms with E-state index in [9.17, 15) is 4.79 Å². The maximum atomic E-state index is 12.7. The zero-order valence-electron chi connectivity index (χ0n) is 14.3. The lowest BCUT2D eigenvalue weighted by atomic mass is 9.98. The normalized spacial score (nSPS) is 19.6. The minimum atomic E-state index is -0.451. The van der Waals surface area contributed by atoms with Crippen LogP contribution >= 0.6 is 12.4 Å². The van der Waals surface area contributed by atoms with Crippen molar-refractivity contribution in [1.29, 1.82) is 0 Å². The number of halogens is 1. The van der Waals surface area contributed by atoms with Crippen LogP contribution in [0.4, 0.5) is 0 Å². The van der Waals surface area contributed by atoms with Crippen LogP contribution in [0.5, 0.6) is 0 Å². The van der Waals surface area contributed by atoms with E-state index in [0.29, 0.717) is 6.42 Å². The van der Waals surface area contributed by atoms with Gasteiger partial charge < -0.3 is 15.6 Å². The summed E-state index contributed by atoms with van der Waals surface area (Å²) < 4.78 is 0. The van der Waals surface area contributed by atoms with Crippen molar-refractivity contribution in [1.82, 2.24) is 9.88 Å². The highest BCUT2D eigenvalue weighted by Crippen LogP contribution is 2.22. The molecule has 1 aromatic heterocycles. The first-order valence-electron chi connectivity index (χ1n) is 8.78. The lowest BCUT2D eigenvalue weighted by Crippen LogP contribution is -2.45. The molecule has 0 saturated carbocycles. The van der Waals surface area contributed by atoms with Crippen LogP contribution in [-0.4, -0.2) is 34.9 Å². The first kappa shape index (κ1) is 18.8. The number of hydrogen-bond donors (Lipinski definition) is 2. The Morgan fingerprint density at radius 3 is 2.92 bits per heavy atom. The van der Waals surface area contributed by atoms with Crippen LogP contribution in [0.2, 0.25) is 0 Å². The number of para-hydroxylation sites is 1. The molecule has 0 radical (unpaired) electrons. The number of rotatable bonds is 4. The Bertz CT molecular complexity index is 669. The number of aromatic nitrogens is 1. The molecule has 5 heteroatoms. The topological polar surface area (TPSA) is 62.1 Å². The molecule has 1 amide bonds. The highest BCUT2D eigenvalue weighted by Gasteiger charge is 2.24. The zero-order valence-corrected chi connectivity index (χ0v) is 15.1. The quantitative estimate of drug-likeness (QED) is 0.887. The summed E-state index contributed by atoms with van der Waals surface area (Å²) >= 11 is 0. The zero-order chi connectivity index (χ0) is 16.2.